The Morgan fingerprint density at radius 1 is 1.06 bits per heavy atom. The lowest BCUT2D eigenvalue weighted by Crippen LogP contribution is -2.31. The summed E-state index contributed by atoms with van der Waals surface area (Å²) in [5, 5.41) is 1.72. The molecule has 0 radical (unpaired) electrons. The van der Waals surface area contributed by atoms with Crippen molar-refractivity contribution in [2.45, 2.75) is 32.2 Å². The number of ether oxygens (including phenoxy) is 1. The van der Waals surface area contributed by atoms with Crippen LogP contribution in [0.5, 0.6) is 5.75 Å². The van der Waals surface area contributed by atoms with E-state index < -0.39 is 0 Å². The maximum absolute atomic E-state index is 13.2. The summed E-state index contributed by atoms with van der Waals surface area (Å²) in [6, 6.07) is 15.7. The van der Waals surface area contributed by atoms with Crippen LogP contribution in [0.3, 0.4) is 0 Å². The van der Waals surface area contributed by atoms with Crippen molar-refractivity contribution in [2.75, 3.05) is 18.6 Å². The Hall–Kier alpha value is -2.63. The molecule has 0 fully saturated rings. The fourth-order valence-corrected chi connectivity index (χ4v) is 5.86. The van der Waals surface area contributed by atoms with Gasteiger partial charge in [-0.2, -0.15) is 0 Å². The minimum absolute atomic E-state index is 0.0262. The second-order valence-corrected chi connectivity index (χ2v) is 9.41. The summed E-state index contributed by atoms with van der Waals surface area (Å²) < 4.78 is 5.33. The Balaban J connectivity index is 1.62. The highest BCUT2D eigenvalue weighted by molar-refractivity contribution is 7.17. The van der Waals surface area contributed by atoms with Crippen molar-refractivity contribution < 1.29 is 9.53 Å². The largest absolute Gasteiger partial charge is 0.497 e. The van der Waals surface area contributed by atoms with Crippen LogP contribution in [0.1, 0.15) is 40.0 Å². The van der Waals surface area contributed by atoms with Gasteiger partial charge in [0.25, 0.3) is 0 Å². The van der Waals surface area contributed by atoms with Gasteiger partial charge in [0, 0.05) is 21.0 Å². The maximum Gasteiger partial charge on any atom is 0.249 e. The number of benzene rings is 2. The normalized spacial score (nSPS) is 15.7. The van der Waals surface area contributed by atoms with E-state index in [0.29, 0.717) is 11.6 Å². The fourth-order valence-electron chi connectivity index (χ4n) is 4.33. The summed E-state index contributed by atoms with van der Waals surface area (Å²) >= 11 is 7.83. The molecule has 0 saturated carbocycles. The lowest BCUT2D eigenvalue weighted by molar-refractivity contribution is -0.117. The number of fused-ring (bicyclic) bond motifs is 3. The zero-order chi connectivity index (χ0) is 21.4. The van der Waals surface area contributed by atoms with Gasteiger partial charge < -0.3 is 4.74 Å². The van der Waals surface area contributed by atoms with Crippen molar-refractivity contribution in [1.82, 2.24) is 0 Å². The van der Waals surface area contributed by atoms with Crippen LogP contribution >= 0.6 is 22.9 Å². The van der Waals surface area contributed by atoms with E-state index in [-0.39, 0.29) is 12.5 Å². The molecule has 0 saturated heterocycles. The van der Waals surface area contributed by atoms with Crippen LogP contribution in [-0.2, 0) is 24.2 Å². The molecule has 1 aromatic heterocycles. The lowest BCUT2D eigenvalue weighted by Gasteiger charge is -2.21. The smallest absolute Gasteiger partial charge is 0.249 e. The molecule has 0 N–H and O–H groups in total. The predicted molar refractivity (Wildman–Crippen MR) is 127 cm³/mol. The summed E-state index contributed by atoms with van der Waals surface area (Å²) in [7, 11) is 1.67. The van der Waals surface area contributed by atoms with E-state index in [1.165, 1.54) is 23.3 Å². The number of nitrogens with zero attached hydrogens (tertiary/aromatic N) is 2. The molecule has 2 aromatic carbocycles. The number of anilines is 1. The first kappa shape index (κ1) is 20.3. The zero-order valence-corrected chi connectivity index (χ0v) is 18.9. The standard InChI is InChI=1S/C25H23ClN2O2S/c1-30-19-12-8-17(9-13-19)24-23-20-4-2-3-5-21(20)31-25(23)28(22(29)14-27-24)15-16-6-10-18(26)11-7-16/h6-13H,2-5,14-15H2,1H3. The molecule has 6 heteroatoms. The topological polar surface area (TPSA) is 41.9 Å². The predicted octanol–water partition coefficient (Wildman–Crippen LogP) is 5.67. The molecular weight excluding hydrogens is 428 g/mol. The van der Waals surface area contributed by atoms with Crippen LogP contribution in [0, 0.1) is 0 Å². The number of hydrogen-bond donors (Lipinski definition) is 0. The third-order valence-electron chi connectivity index (χ3n) is 5.93. The Bertz CT molecular complexity index is 1150. The van der Waals surface area contributed by atoms with E-state index in [2.05, 4.69) is 0 Å². The Kier molecular flexibility index (Phi) is 5.55. The lowest BCUT2D eigenvalue weighted by atomic mass is 9.91. The summed E-state index contributed by atoms with van der Waals surface area (Å²) in [4.78, 5) is 21.4. The number of rotatable bonds is 4. The highest BCUT2D eigenvalue weighted by Crippen LogP contribution is 2.43. The second kappa shape index (κ2) is 8.48. The molecule has 1 aliphatic heterocycles. The van der Waals surface area contributed by atoms with Crippen molar-refractivity contribution in [2.24, 2.45) is 4.99 Å². The van der Waals surface area contributed by atoms with E-state index in [9.17, 15) is 4.79 Å². The Morgan fingerprint density at radius 2 is 1.81 bits per heavy atom. The molecule has 0 spiro atoms. The molecule has 4 nitrogen and oxygen atoms in total. The van der Waals surface area contributed by atoms with Gasteiger partial charge >= 0.3 is 0 Å². The second-order valence-electron chi connectivity index (χ2n) is 7.89. The van der Waals surface area contributed by atoms with Gasteiger partial charge in [-0.15, -0.1) is 11.3 Å². The van der Waals surface area contributed by atoms with Gasteiger partial charge in [0.1, 0.15) is 17.3 Å². The van der Waals surface area contributed by atoms with E-state index >= 15 is 0 Å². The Labute approximate surface area is 191 Å². The van der Waals surface area contributed by atoms with Crippen LogP contribution in [-0.4, -0.2) is 25.3 Å². The Morgan fingerprint density at radius 3 is 2.55 bits per heavy atom. The van der Waals surface area contributed by atoms with Crippen LogP contribution in [0.15, 0.2) is 53.5 Å². The van der Waals surface area contributed by atoms with Gasteiger partial charge in [-0.3, -0.25) is 14.7 Å². The number of methoxy groups -OCH3 is 1. The van der Waals surface area contributed by atoms with Gasteiger partial charge in [-0.05, 0) is 73.2 Å². The van der Waals surface area contributed by atoms with Crippen molar-refractivity contribution in [3.8, 4) is 5.75 Å². The summed E-state index contributed by atoms with van der Waals surface area (Å²) in [5.41, 5.74) is 5.52. The number of thiophene rings is 1. The molecule has 2 heterocycles. The third-order valence-corrected chi connectivity index (χ3v) is 7.49. The number of halogens is 1. The molecular formula is C25H23ClN2O2S. The molecule has 2 aliphatic rings. The SMILES string of the molecule is COc1ccc(C2=NCC(=O)N(Cc3ccc(Cl)cc3)c3sc4c(c32)CCCC4)cc1. The van der Waals surface area contributed by atoms with Crippen molar-refractivity contribution in [3.63, 3.8) is 0 Å². The number of aryl methyl sites for hydroxylation is 1. The third kappa shape index (κ3) is 3.88. The molecule has 31 heavy (non-hydrogen) atoms. The average Bonchev–Trinajstić information content (AvgIpc) is 3.12. The molecule has 0 atom stereocenters. The van der Waals surface area contributed by atoms with Gasteiger partial charge in [-0.1, -0.05) is 23.7 Å². The first-order chi connectivity index (χ1) is 15.1. The van der Waals surface area contributed by atoms with Crippen molar-refractivity contribution in [1.29, 1.82) is 0 Å². The van der Waals surface area contributed by atoms with E-state index in [4.69, 9.17) is 21.3 Å². The summed E-state index contributed by atoms with van der Waals surface area (Å²) in [5.74, 6) is 0.837. The van der Waals surface area contributed by atoms with Gasteiger partial charge in [0.05, 0.1) is 19.4 Å². The number of aliphatic imine (C=N–C) groups is 1. The van der Waals surface area contributed by atoms with Crippen LogP contribution in [0.25, 0.3) is 0 Å². The fraction of sp³-hybridized carbons (Fsp3) is 0.280. The first-order valence-electron chi connectivity index (χ1n) is 10.5. The highest BCUT2D eigenvalue weighted by Gasteiger charge is 2.32. The van der Waals surface area contributed by atoms with Crippen molar-refractivity contribution >= 4 is 39.6 Å². The minimum atomic E-state index is 0.0262. The van der Waals surface area contributed by atoms with Gasteiger partial charge in [0.15, 0.2) is 0 Å². The van der Waals surface area contributed by atoms with E-state index in [1.54, 1.807) is 18.4 Å². The number of hydrogen-bond acceptors (Lipinski definition) is 4. The molecule has 1 amide bonds. The molecule has 0 unspecified atom stereocenters. The number of amides is 1. The molecule has 3 aromatic rings. The molecule has 158 valence electrons. The summed E-state index contributed by atoms with van der Waals surface area (Å²) in [6.07, 6.45) is 4.49. The van der Waals surface area contributed by atoms with Crippen LogP contribution in [0.2, 0.25) is 5.02 Å². The first-order valence-corrected chi connectivity index (χ1v) is 11.7. The average molecular weight is 451 g/mol. The number of carbonyl (C=O) groups is 1. The number of carbonyl (C=O) groups excluding carboxylic acids is 1. The van der Waals surface area contributed by atoms with Crippen LogP contribution in [0.4, 0.5) is 5.00 Å². The van der Waals surface area contributed by atoms with Crippen molar-refractivity contribution in [3.05, 3.63) is 80.7 Å². The monoisotopic (exact) mass is 450 g/mol. The molecule has 1 aliphatic carbocycles. The summed E-state index contributed by atoms with van der Waals surface area (Å²) in [6.45, 7) is 0.666. The van der Waals surface area contributed by atoms with Crippen LogP contribution < -0.4 is 9.64 Å². The molecule has 5 rings (SSSR count). The molecule has 0 bridgehead atoms. The minimum Gasteiger partial charge on any atom is -0.497 e. The van der Waals surface area contributed by atoms with Gasteiger partial charge in [0.2, 0.25) is 5.91 Å². The quantitative estimate of drug-likeness (QED) is 0.513. The zero-order valence-electron chi connectivity index (χ0n) is 17.4. The van der Waals surface area contributed by atoms with E-state index in [1.807, 2.05) is 53.4 Å². The van der Waals surface area contributed by atoms with Gasteiger partial charge in [-0.25, -0.2) is 0 Å². The van der Waals surface area contributed by atoms with E-state index in [0.717, 1.165) is 46.0 Å². The highest BCUT2D eigenvalue weighted by atomic mass is 35.5. The maximum atomic E-state index is 13.2.